The van der Waals surface area contributed by atoms with Crippen LogP contribution in [-0.4, -0.2) is 29.0 Å². The van der Waals surface area contributed by atoms with E-state index in [2.05, 4.69) is 12.2 Å². The second-order valence-corrected chi connectivity index (χ2v) is 4.53. The van der Waals surface area contributed by atoms with Crippen LogP contribution < -0.4 is 0 Å². The molecule has 2 fully saturated rings. The molecule has 1 spiro atoms. The van der Waals surface area contributed by atoms with Gasteiger partial charge in [-0.15, -0.1) is 0 Å². The van der Waals surface area contributed by atoms with Crippen molar-refractivity contribution in [1.82, 2.24) is 4.90 Å². The summed E-state index contributed by atoms with van der Waals surface area (Å²) in [5, 5.41) is 0. The lowest BCUT2D eigenvalue weighted by molar-refractivity contribution is -0.138. The Bertz CT molecular complexity index is 363. The summed E-state index contributed by atoms with van der Waals surface area (Å²) < 4.78 is 5.06. The van der Waals surface area contributed by atoms with Gasteiger partial charge in [0.05, 0.1) is 5.54 Å². The van der Waals surface area contributed by atoms with Crippen molar-refractivity contribution in [3.05, 3.63) is 12.2 Å². The van der Waals surface area contributed by atoms with Gasteiger partial charge >= 0.3 is 6.09 Å². The fourth-order valence-corrected chi connectivity index (χ4v) is 3.03. The number of allylic oxidation sites excluding steroid dienone is 1. The quantitative estimate of drug-likeness (QED) is 0.565. The Morgan fingerprint density at radius 3 is 3.13 bits per heavy atom. The topological polar surface area (TPSA) is 46.6 Å². The maximum atomic E-state index is 11.7. The van der Waals surface area contributed by atoms with Gasteiger partial charge < -0.3 is 4.74 Å². The average Bonchev–Trinajstić information content (AvgIpc) is 2.57. The summed E-state index contributed by atoms with van der Waals surface area (Å²) in [6, 6.07) is 0. The molecule has 80 valence electrons. The van der Waals surface area contributed by atoms with Crippen molar-refractivity contribution in [2.24, 2.45) is 5.92 Å². The minimum absolute atomic E-state index is 0.0657. The molecule has 4 heteroatoms. The molecule has 2 atom stereocenters. The Kier molecular flexibility index (Phi) is 1.69. The van der Waals surface area contributed by atoms with Crippen LogP contribution in [0.25, 0.3) is 0 Å². The van der Waals surface area contributed by atoms with Gasteiger partial charge in [-0.05, 0) is 25.2 Å². The highest BCUT2D eigenvalue weighted by atomic mass is 16.6. The number of hydrogen-bond donors (Lipinski definition) is 0. The van der Waals surface area contributed by atoms with Crippen molar-refractivity contribution in [3.8, 4) is 0 Å². The summed E-state index contributed by atoms with van der Waals surface area (Å²) in [7, 11) is 0. The predicted molar refractivity (Wildman–Crippen MR) is 52.0 cm³/mol. The second kappa shape index (κ2) is 2.84. The smallest absolute Gasteiger partial charge is 0.417 e. The van der Waals surface area contributed by atoms with Crippen LogP contribution in [-0.2, 0) is 9.53 Å². The van der Waals surface area contributed by atoms with Crippen LogP contribution in [0.3, 0.4) is 0 Å². The SMILES string of the molecule is O=C1CC[C@@H]2CC=CC[C@]23COC(=O)N13. The largest absolute Gasteiger partial charge is 0.447 e. The van der Waals surface area contributed by atoms with Crippen LogP contribution in [0, 0.1) is 5.92 Å². The minimum Gasteiger partial charge on any atom is -0.447 e. The van der Waals surface area contributed by atoms with Crippen molar-refractivity contribution < 1.29 is 14.3 Å². The van der Waals surface area contributed by atoms with Crippen molar-refractivity contribution >= 4 is 12.0 Å². The second-order valence-electron chi connectivity index (χ2n) is 4.53. The third kappa shape index (κ3) is 1.02. The number of imide groups is 1. The molecule has 0 aromatic heterocycles. The van der Waals surface area contributed by atoms with Gasteiger partial charge in [0.15, 0.2) is 0 Å². The van der Waals surface area contributed by atoms with E-state index in [4.69, 9.17) is 4.74 Å². The van der Waals surface area contributed by atoms with Gasteiger partial charge in [0.1, 0.15) is 6.61 Å². The highest BCUT2D eigenvalue weighted by Gasteiger charge is 2.57. The molecule has 0 bridgehead atoms. The number of ether oxygens (including phenoxy) is 1. The van der Waals surface area contributed by atoms with E-state index in [0.29, 0.717) is 18.9 Å². The van der Waals surface area contributed by atoms with E-state index in [1.54, 1.807) is 0 Å². The van der Waals surface area contributed by atoms with Gasteiger partial charge in [0.2, 0.25) is 5.91 Å². The highest BCUT2D eigenvalue weighted by Crippen LogP contribution is 2.45. The van der Waals surface area contributed by atoms with Gasteiger partial charge in [0.25, 0.3) is 0 Å². The number of cyclic esters (lactones) is 1. The lowest BCUT2D eigenvalue weighted by Gasteiger charge is -2.45. The molecule has 3 rings (SSSR count). The van der Waals surface area contributed by atoms with Crippen molar-refractivity contribution in [3.63, 3.8) is 0 Å². The lowest BCUT2D eigenvalue weighted by atomic mass is 9.71. The summed E-state index contributed by atoms with van der Waals surface area (Å²) in [5.74, 6) is 0.329. The van der Waals surface area contributed by atoms with E-state index in [1.807, 2.05) is 0 Å². The molecule has 0 aromatic carbocycles. The Morgan fingerprint density at radius 2 is 2.27 bits per heavy atom. The van der Waals surface area contributed by atoms with Crippen LogP contribution in [0.4, 0.5) is 4.79 Å². The van der Waals surface area contributed by atoms with Gasteiger partial charge in [-0.1, -0.05) is 12.2 Å². The van der Waals surface area contributed by atoms with Crippen LogP contribution in [0.15, 0.2) is 12.2 Å². The number of carbonyl (C=O) groups is 2. The summed E-state index contributed by atoms with van der Waals surface area (Å²) in [5.41, 5.74) is -0.346. The van der Waals surface area contributed by atoms with E-state index in [1.165, 1.54) is 4.90 Å². The first-order chi connectivity index (χ1) is 7.24. The van der Waals surface area contributed by atoms with Crippen LogP contribution >= 0.6 is 0 Å². The molecule has 2 amide bonds. The maximum Gasteiger partial charge on any atom is 0.417 e. The van der Waals surface area contributed by atoms with E-state index in [9.17, 15) is 9.59 Å². The normalized spacial score (nSPS) is 38.7. The molecule has 0 aromatic rings. The van der Waals surface area contributed by atoms with Crippen molar-refractivity contribution in [2.45, 2.75) is 31.2 Å². The number of nitrogens with zero attached hydrogens (tertiary/aromatic N) is 1. The molecule has 1 aliphatic carbocycles. The Labute approximate surface area is 87.9 Å². The molecule has 0 unspecified atom stereocenters. The fourth-order valence-electron chi connectivity index (χ4n) is 3.03. The van der Waals surface area contributed by atoms with Crippen LogP contribution in [0.2, 0.25) is 0 Å². The molecule has 15 heavy (non-hydrogen) atoms. The number of amides is 2. The standard InChI is InChI=1S/C11H13NO3/c13-9-5-4-8-3-1-2-6-11(8)7-15-10(14)12(9)11/h1-2,8H,3-7H2/t8-,11-/m0/s1. The van der Waals surface area contributed by atoms with Crippen LogP contribution in [0.5, 0.6) is 0 Å². The maximum absolute atomic E-state index is 11.7. The van der Waals surface area contributed by atoms with E-state index in [0.717, 1.165) is 19.3 Å². The monoisotopic (exact) mass is 207 g/mol. The Morgan fingerprint density at radius 1 is 1.40 bits per heavy atom. The first-order valence-corrected chi connectivity index (χ1v) is 5.39. The van der Waals surface area contributed by atoms with E-state index < -0.39 is 6.09 Å². The molecule has 4 nitrogen and oxygen atoms in total. The molecule has 0 saturated carbocycles. The van der Waals surface area contributed by atoms with Gasteiger partial charge in [-0.2, -0.15) is 0 Å². The van der Waals surface area contributed by atoms with Gasteiger partial charge in [-0.25, -0.2) is 9.69 Å². The first-order valence-electron chi connectivity index (χ1n) is 5.39. The molecule has 0 N–H and O–H groups in total. The zero-order chi connectivity index (χ0) is 10.5. The highest BCUT2D eigenvalue weighted by molar-refractivity contribution is 5.95. The minimum atomic E-state index is -0.444. The number of hydrogen-bond acceptors (Lipinski definition) is 3. The zero-order valence-corrected chi connectivity index (χ0v) is 8.44. The third-order valence-corrected chi connectivity index (χ3v) is 3.85. The van der Waals surface area contributed by atoms with Crippen molar-refractivity contribution in [1.29, 1.82) is 0 Å². The molecule has 2 heterocycles. The summed E-state index contributed by atoms with van der Waals surface area (Å²) in [6.45, 7) is 0.382. The molecule has 0 radical (unpaired) electrons. The zero-order valence-electron chi connectivity index (χ0n) is 8.44. The Balaban J connectivity index is 2.05. The summed E-state index contributed by atoms with van der Waals surface area (Å²) in [4.78, 5) is 24.6. The number of rotatable bonds is 0. The lowest BCUT2D eigenvalue weighted by Crippen LogP contribution is -2.58. The van der Waals surface area contributed by atoms with Crippen LogP contribution in [0.1, 0.15) is 25.7 Å². The average molecular weight is 207 g/mol. The first kappa shape index (κ1) is 8.95. The Hall–Kier alpha value is -1.32. The summed E-state index contributed by atoms with van der Waals surface area (Å²) in [6.07, 6.45) is 6.85. The van der Waals surface area contributed by atoms with E-state index >= 15 is 0 Å². The molecule has 3 aliphatic rings. The number of piperidine rings is 1. The third-order valence-electron chi connectivity index (χ3n) is 3.85. The molecular weight excluding hydrogens is 194 g/mol. The molecule has 2 saturated heterocycles. The molecular formula is C11H13NO3. The summed E-state index contributed by atoms with van der Waals surface area (Å²) >= 11 is 0. The molecule has 2 aliphatic heterocycles. The predicted octanol–water partition coefficient (Wildman–Crippen LogP) is 1.46. The van der Waals surface area contributed by atoms with Gasteiger partial charge in [-0.3, -0.25) is 4.79 Å². The van der Waals surface area contributed by atoms with E-state index in [-0.39, 0.29) is 11.4 Å². The van der Waals surface area contributed by atoms with Gasteiger partial charge in [0, 0.05) is 6.42 Å². The number of carbonyl (C=O) groups excluding carboxylic acids is 2. The fraction of sp³-hybridized carbons (Fsp3) is 0.636. The van der Waals surface area contributed by atoms with Crippen molar-refractivity contribution in [2.75, 3.05) is 6.61 Å².